The summed E-state index contributed by atoms with van der Waals surface area (Å²) in [7, 11) is 9.30. The summed E-state index contributed by atoms with van der Waals surface area (Å²) >= 11 is 5.65. The van der Waals surface area contributed by atoms with Crippen LogP contribution in [0.5, 0.6) is 51.9 Å². The molecule has 0 amide bonds. The molecule has 17 heteroatoms. The number of hydrogen-bond donors (Lipinski definition) is 4. The highest BCUT2D eigenvalue weighted by Crippen LogP contribution is 2.56. The van der Waals surface area contributed by atoms with E-state index < -0.39 is 0 Å². The molecule has 4 aromatic carbocycles. The van der Waals surface area contributed by atoms with Gasteiger partial charge in [0.2, 0.25) is 5.88 Å². The number of benzene rings is 4. The normalized spacial score (nSPS) is 11.2. The zero-order valence-corrected chi connectivity index (χ0v) is 34.0. The fourth-order valence-corrected chi connectivity index (χ4v) is 6.37. The Kier molecular flexibility index (Phi) is 19.4. The second kappa shape index (κ2) is 23.8. The molecule has 1 aliphatic rings. The lowest BCUT2D eigenvalue weighted by atomic mass is 9.98. The van der Waals surface area contributed by atoms with Crippen molar-refractivity contribution in [2.24, 2.45) is 0 Å². The van der Waals surface area contributed by atoms with Gasteiger partial charge in [-0.25, -0.2) is 0 Å². The Morgan fingerprint density at radius 2 is 1.31 bits per heavy atom. The summed E-state index contributed by atoms with van der Waals surface area (Å²) in [5, 5.41) is 33.7. The summed E-state index contributed by atoms with van der Waals surface area (Å²) in [4.78, 5) is 16.7. The van der Waals surface area contributed by atoms with Crippen molar-refractivity contribution in [3.05, 3.63) is 95.1 Å². The van der Waals surface area contributed by atoms with Gasteiger partial charge in [-0.05, 0) is 60.7 Å². The van der Waals surface area contributed by atoms with Gasteiger partial charge in [-0.2, -0.15) is 20.8 Å². The number of thioether (sulfide) groups is 1. The Morgan fingerprint density at radius 1 is 0.797 bits per heavy atom. The van der Waals surface area contributed by atoms with Crippen LogP contribution in [-0.4, -0.2) is 59.0 Å². The number of ether oxygens (including phenoxy) is 7. The largest absolute Gasteiger partial charge is 0.507 e. The highest BCUT2D eigenvalue weighted by molar-refractivity contribution is 7.99. The number of nitriles is 3. The number of thiol groups is 1. The first-order valence-corrected chi connectivity index (χ1v) is 18.0. The fraction of sp³-hybridized carbons (Fsp3) is 0.214. The van der Waals surface area contributed by atoms with Crippen LogP contribution >= 0.6 is 24.4 Å². The third-order valence-corrected chi connectivity index (χ3v) is 9.42. The molecule has 2 heterocycles. The first kappa shape index (κ1) is 48.0. The number of phenolic OH excluding ortho intramolecular Hbond substituents is 1. The molecule has 5 N–H and O–H groups in total. The number of methoxy groups -OCH3 is 6. The number of aromatic hydroxyl groups is 1. The molecule has 0 saturated carbocycles. The predicted octanol–water partition coefficient (Wildman–Crippen LogP) is 8.40. The van der Waals surface area contributed by atoms with Crippen LogP contribution in [-0.2, 0) is 0 Å². The van der Waals surface area contributed by atoms with Gasteiger partial charge in [0.25, 0.3) is 0 Å². The van der Waals surface area contributed by atoms with Crippen molar-refractivity contribution in [3.63, 3.8) is 0 Å². The van der Waals surface area contributed by atoms with Crippen LogP contribution in [0.3, 0.4) is 0 Å². The summed E-state index contributed by atoms with van der Waals surface area (Å²) in [6, 6.07) is 26.9. The van der Waals surface area contributed by atoms with Crippen LogP contribution in [0.1, 0.15) is 46.1 Å². The van der Waals surface area contributed by atoms with Gasteiger partial charge < -0.3 is 49.7 Å². The maximum Gasteiger partial charge on any atom is 0.228 e. The van der Waals surface area contributed by atoms with Gasteiger partial charge in [0.05, 0.1) is 76.9 Å². The van der Waals surface area contributed by atoms with Crippen molar-refractivity contribution in [1.29, 1.82) is 15.8 Å². The van der Waals surface area contributed by atoms with Crippen LogP contribution in [0, 0.1) is 34.0 Å². The number of anilines is 2. The molecule has 59 heavy (non-hydrogen) atoms. The average molecular weight is 841 g/mol. The van der Waals surface area contributed by atoms with E-state index in [4.69, 9.17) is 55.1 Å². The van der Waals surface area contributed by atoms with E-state index in [2.05, 4.69) is 17.6 Å². The number of nitrogen functional groups attached to an aromatic ring is 2. The van der Waals surface area contributed by atoms with E-state index in [1.54, 1.807) is 46.6 Å². The van der Waals surface area contributed by atoms with Crippen LogP contribution in [0.2, 0.25) is 0 Å². The van der Waals surface area contributed by atoms with Crippen LogP contribution < -0.4 is 44.6 Å². The molecule has 0 bridgehead atoms. The molecule has 1 unspecified atom stereocenters. The van der Waals surface area contributed by atoms with Crippen molar-refractivity contribution in [2.45, 2.75) is 28.9 Å². The van der Waals surface area contributed by atoms with Crippen LogP contribution in [0.4, 0.5) is 11.5 Å². The summed E-state index contributed by atoms with van der Waals surface area (Å²) in [6.45, 7) is 0. The third-order valence-electron chi connectivity index (χ3n) is 7.85. The van der Waals surface area contributed by atoms with Crippen molar-refractivity contribution >= 4 is 42.2 Å². The Hall–Kier alpha value is -7.13. The molecule has 15 nitrogen and oxygen atoms in total. The van der Waals surface area contributed by atoms with E-state index in [1.807, 2.05) is 60.7 Å². The number of carbonyl (C=O) groups excluding carboxylic acids is 1. The summed E-state index contributed by atoms with van der Waals surface area (Å²) in [5.41, 5.74) is 14.3. The van der Waals surface area contributed by atoms with E-state index in [0.717, 1.165) is 26.9 Å². The Labute approximate surface area is 353 Å². The maximum absolute atomic E-state index is 10.4. The number of rotatable bonds is 9. The second-order valence-corrected chi connectivity index (χ2v) is 12.9. The molecular formula is C42H44N6O9S2. The number of phenols is 1. The minimum absolute atomic E-state index is 0. The molecule has 1 atom stereocenters. The monoisotopic (exact) mass is 840 g/mol. The molecule has 1 aliphatic heterocycles. The highest BCUT2D eigenvalue weighted by Gasteiger charge is 2.35. The third kappa shape index (κ3) is 12.4. The van der Waals surface area contributed by atoms with Gasteiger partial charge in [0.1, 0.15) is 46.9 Å². The fourth-order valence-electron chi connectivity index (χ4n) is 5.00. The molecule has 0 aliphatic carbocycles. The molecule has 308 valence electrons. The van der Waals surface area contributed by atoms with E-state index >= 15 is 0 Å². The number of pyridine rings is 1. The predicted molar refractivity (Wildman–Crippen MR) is 228 cm³/mol. The van der Waals surface area contributed by atoms with Gasteiger partial charge >= 0.3 is 0 Å². The van der Waals surface area contributed by atoms with Crippen LogP contribution in [0.15, 0.2) is 82.6 Å². The van der Waals surface area contributed by atoms with Crippen molar-refractivity contribution in [3.8, 4) is 70.1 Å². The van der Waals surface area contributed by atoms with Gasteiger partial charge in [-0.3, -0.25) is 4.79 Å². The van der Waals surface area contributed by atoms with Crippen molar-refractivity contribution in [1.82, 2.24) is 4.98 Å². The number of aldehydes is 1. The minimum Gasteiger partial charge on any atom is -0.507 e. The molecule has 0 fully saturated rings. The van der Waals surface area contributed by atoms with Gasteiger partial charge in [0.15, 0.2) is 29.3 Å². The SMILES string of the molecule is C.COc1cc(O)c(C=O)cc1OC.COc1ccc(S)cc1.COc1ccc(SC2c3cc(OC)c(OC)cc3Oc3nc(N)c(C#N)c(N)c32)cc1.N#CCC#N. The van der Waals surface area contributed by atoms with Crippen molar-refractivity contribution < 1.29 is 43.1 Å². The first-order valence-electron chi connectivity index (χ1n) is 16.7. The molecular weight excluding hydrogens is 797 g/mol. The first-order chi connectivity index (χ1) is 28.0. The molecule has 0 saturated heterocycles. The quantitative estimate of drug-likeness (QED) is 0.0805. The summed E-state index contributed by atoms with van der Waals surface area (Å²) in [5.74, 6) is 4.23. The number of hydrogen-bond acceptors (Lipinski definition) is 17. The topological polar surface area (TPSA) is 238 Å². The zero-order valence-electron chi connectivity index (χ0n) is 32.3. The Morgan fingerprint density at radius 3 is 1.78 bits per heavy atom. The summed E-state index contributed by atoms with van der Waals surface area (Å²) in [6.07, 6.45) is 0.553. The smallest absolute Gasteiger partial charge is 0.228 e. The average Bonchev–Trinajstić information content (AvgIpc) is 3.24. The molecule has 0 spiro atoms. The Bertz CT molecular complexity index is 2300. The number of aromatic nitrogens is 1. The lowest BCUT2D eigenvalue weighted by molar-refractivity contribution is 0.112. The van der Waals surface area contributed by atoms with E-state index in [0.29, 0.717) is 40.6 Å². The lowest BCUT2D eigenvalue weighted by Crippen LogP contribution is -2.15. The number of fused-ring (bicyclic) bond motifs is 2. The highest BCUT2D eigenvalue weighted by atomic mass is 32.2. The standard InChI is InChI=1S/C22H20N4O4S.C9H10O4.C7H8OS.C3H2N2.CH4/c1-27-11-4-6-12(7-5-11)31-20-13-8-16(28-2)17(29-3)9-15(13)30-22-18(20)19(24)14(10-23)21(25)26-22;1-12-8-3-6(5-10)7(11)4-9(8)13-2;1-8-6-2-4-7(9)5-3-6;4-2-1-3-5;/h4-9,20H,1-3H3,(H4,24,25,26);3-5,11H,1-2H3;2-5,9H,1H3;1H2;1H4. The van der Waals surface area contributed by atoms with E-state index in [-0.39, 0.29) is 53.4 Å². The number of nitrogens with two attached hydrogens (primary N) is 2. The number of carbonyl (C=O) groups is 1. The molecule has 6 rings (SSSR count). The van der Waals surface area contributed by atoms with Gasteiger partial charge in [0, 0.05) is 27.5 Å². The van der Waals surface area contributed by atoms with E-state index in [1.165, 1.54) is 38.1 Å². The van der Waals surface area contributed by atoms with Gasteiger partial charge in [-0.15, -0.1) is 24.4 Å². The van der Waals surface area contributed by atoms with Crippen molar-refractivity contribution in [2.75, 3.05) is 54.1 Å². The van der Waals surface area contributed by atoms with Gasteiger partial charge in [-0.1, -0.05) is 7.43 Å². The molecule has 5 aromatic rings. The second-order valence-electron chi connectivity index (χ2n) is 11.2. The molecule has 0 radical (unpaired) electrons. The Balaban J connectivity index is 0.000000350. The maximum atomic E-state index is 10.4. The number of nitrogens with zero attached hydrogens (tertiary/aromatic N) is 4. The molecule has 1 aromatic heterocycles. The summed E-state index contributed by atoms with van der Waals surface area (Å²) < 4.78 is 37.0. The zero-order chi connectivity index (χ0) is 42.8. The lowest BCUT2D eigenvalue weighted by Gasteiger charge is -2.29. The van der Waals surface area contributed by atoms with Crippen LogP contribution in [0.25, 0.3) is 0 Å². The minimum atomic E-state index is -0.327. The van der Waals surface area contributed by atoms with E-state index in [9.17, 15) is 15.2 Å².